The first kappa shape index (κ1) is 13.0. The monoisotopic (exact) mass is 236 g/mol. The third-order valence-corrected chi connectivity index (χ3v) is 2.37. The molecule has 0 fully saturated rings. The summed E-state index contributed by atoms with van der Waals surface area (Å²) in [5.74, 6) is -1.06. The van der Waals surface area contributed by atoms with E-state index in [1.165, 1.54) is 6.92 Å². The molecular formula is C12H16N2O3. The van der Waals surface area contributed by atoms with Gasteiger partial charge in [-0.2, -0.15) is 0 Å². The molecule has 1 aromatic rings. The van der Waals surface area contributed by atoms with Gasteiger partial charge in [0.2, 0.25) is 0 Å². The number of hydrogen-bond donors (Lipinski definition) is 3. The molecule has 17 heavy (non-hydrogen) atoms. The quantitative estimate of drug-likeness (QED) is 0.741. The first-order chi connectivity index (χ1) is 8.00. The van der Waals surface area contributed by atoms with Crippen LogP contribution in [0.1, 0.15) is 25.5 Å². The number of nitrogens with one attached hydrogen (secondary N) is 2. The zero-order valence-electron chi connectivity index (χ0n) is 9.81. The zero-order valence-corrected chi connectivity index (χ0v) is 9.81. The molecule has 0 aromatic heterocycles. The molecule has 0 saturated carbocycles. The number of benzene rings is 1. The van der Waals surface area contributed by atoms with Gasteiger partial charge in [-0.1, -0.05) is 30.3 Å². The predicted octanol–water partition coefficient (Wildman–Crippen LogP) is 1.52. The van der Waals surface area contributed by atoms with E-state index in [2.05, 4.69) is 10.6 Å². The van der Waals surface area contributed by atoms with Crippen LogP contribution >= 0.6 is 0 Å². The predicted molar refractivity (Wildman–Crippen MR) is 63.6 cm³/mol. The summed E-state index contributed by atoms with van der Waals surface area (Å²) in [6.45, 7) is 3.25. The second-order valence-corrected chi connectivity index (χ2v) is 3.81. The van der Waals surface area contributed by atoms with E-state index in [0.717, 1.165) is 5.56 Å². The Morgan fingerprint density at radius 3 is 2.24 bits per heavy atom. The first-order valence-corrected chi connectivity index (χ1v) is 5.35. The molecule has 3 N–H and O–H groups in total. The number of urea groups is 1. The van der Waals surface area contributed by atoms with Crippen LogP contribution in [0, 0.1) is 0 Å². The van der Waals surface area contributed by atoms with Crippen molar-refractivity contribution in [2.45, 2.75) is 25.9 Å². The highest BCUT2D eigenvalue weighted by Gasteiger charge is 2.15. The van der Waals surface area contributed by atoms with Crippen molar-refractivity contribution in [1.82, 2.24) is 10.6 Å². The van der Waals surface area contributed by atoms with Crippen molar-refractivity contribution in [3.8, 4) is 0 Å². The van der Waals surface area contributed by atoms with E-state index in [1.54, 1.807) is 0 Å². The van der Waals surface area contributed by atoms with Gasteiger partial charge >= 0.3 is 12.0 Å². The standard InChI is InChI=1S/C12H16N2O3/c1-8(10-6-4-3-5-7-10)13-12(17)14-9(2)11(15)16/h3-9H,1-2H3,(H,15,16)(H2,13,14,17)/t8?,9-/m0/s1. The van der Waals surface area contributed by atoms with Crippen LogP contribution in [-0.2, 0) is 4.79 Å². The van der Waals surface area contributed by atoms with Crippen LogP contribution in [0.3, 0.4) is 0 Å². The van der Waals surface area contributed by atoms with E-state index in [0.29, 0.717) is 0 Å². The Hall–Kier alpha value is -2.04. The van der Waals surface area contributed by atoms with Gasteiger partial charge in [-0.05, 0) is 19.4 Å². The van der Waals surface area contributed by atoms with Crippen LogP contribution in [0.4, 0.5) is 4.79 Å². The summed E-state index contributed by atoms with van der Waals surface area (Å²) >= 11 is 0. The molecule has 0 heterocycles. The molecule has 1 unspecified atom stereocenters. The van der Waals surface area contributed by atoms with Crippen molar-refractivity contribution in [2.75, 3.05) is 0 Å². The molecule has 1 rings (SSSR count). The summed E-state index contributed by atoms with van der Waals surface area (Å²) in [5.41, 5.74) is 0.964. The van der Waals surface area contributed by atoms with Crippen LogP contribution in [0.15, 0.2) is 30.3 Å². The molecule has 0 aliphatic heterocycles. The average molecular weight is 236 g/mol. The van der Waals surface area contributed by atoms with Gasteiger partial charge in [-0.25, -0.2) is 4.79 Å². The number of carbonyl (C=O) groups excluding carboxylic acids is 1. The van der Waals surface area contributed by atoms with E-state index in [9.17, 15) is 9.59 Å². The molecule has 5 nitrogen and oxygen atoms in total. The van der Waals surface area contributed by atoms with Crippen LogP contribution in [0.5, 0.6) is 0 Å². The second-order valence-electron chi connectivity index (χ2n) is 3.81. The Kier molecular flexibility index (Phi) is 4.51. The van der Waals surface area contributed by atoms with E-state index in [-0.39, 0.29) is 6.04 Å². The van der Waals surface area contributed by atoms with Crippen molar-refractivity contribution >= 4 is 12.0 Å². The number of aliphatic carboxylic acids is 1. The van der Waals surface area contributed by atoms with Crippen molar-refractivity contribution in [2.24, 2.45) is 0 Å². The maximum atomic E-state index is 11.5. The minimum atomic E-state index is -1.06. The van der Waals surface area contributed by atoms with Gasteiger partial charge < -0.3 is 15.7 Å². The van der Waals surface area contributed by atoms with E-state index in [4.69, 9.17) is 5.11 Å². The fourth-order valence-electron chi connectivity index (χ4n) is 1.32. The van der Waals surface area contributed by atoms with E-state index >= 15 is 0 Å². The van der Waals surface area contributed by atoms with E-state index in [1.807, 2.05) is 37.3 Å². The highest BCUT2D eigenvalue weighted by molar-refractivity contribution is 5.82. The van der Waals surface area contributed by atoms with Crippen molar-refractivity contribution in [3.63, 3.8) is 0 Å². The molecule has 0 bridgehead atoms. The molecule has 2 amide bonds. The van der Waals surface area contributed by atoms with Crippen molar-refractivity contribution in [1.29, 1.82) is 0 Å². The third-order valence-electron chi connectivity index (χ3n) is 2.37. The number of hydrogen-bond acceptors (Lipinski definition) is 2. The second kappa shape index (κ2) is 5.89. The lowest BCUT2D eigenvalue weighted by molar-refractivity contribution is -0.138. The Bertz CT molecular complexity index is 392. The minimum Gasteiger partial charge on any atom is -0.480 e. The van der Waals surface area contributed by atoms with Crippen LogP contribution in [0.25, 0.3) is 0 Å². The highest BCUT2D eigenvalue weighted by atomic mass is 16.4. The fourth-order valence-corrected chi connectivity index (χ4v) is 1.32. The lowest BCUT2D eigenvalue weighted by Crippen LogP contribution is -2.45. The highest BCUT2D eigenvalue weighted by Crippen LogP contribution is 2.10. The Morgan fingerprint density at radius 2 is 1.71 bits per heavy atom. The summed E-state index contributed by atoms with van der Waals surface area (Å²) in [6.07, 6.45) is 0. The minimum absolute atomic E-state index is 0.169. The van der Waals surface area contributed by atoms with Crippen LogP contribution in [-0.4, -0.2) is 23.1 Å². The topological polar surface area (TPSA) is 78.4 Å². The lowest BCUT2D eigenvalue weighted by atomic mass is 10.1. The zero-order chi connectivity index (χ0) is 12.8. The Balaban J connectivity index is 2.49. The Labute approximate surface area is 99.8 Å². The van der Waals surface area contributed by atoms with Crippen molar-refractivity contribution < 1.29 is 14.7 Å². The van der Waals surface area contributed by atoms with Gasteiger partial charge in [-0.15, -0.1) is 0 Å². The summed E-state index contributed by atoms with van der Waals surface area (Å²) in [7, 11) is 0. The van der Waals surface area contributed by atoms with E-state index < -0.39 is 18.0 Å². The maximum absolute atomic E-state index is 11.5. The summed E-state index contributed by atoms with van der Waals surface area (Å²) in [6, 6.07) is 7.88. The molecule has 0 spiro atoms. The van der Waals surface area contributed by atoms with Crippen LogP contribution < -0.4 is 10.6 Å². The summed E-state index contributed by atoms with van der Waals surface area (Å²) < 4.78 is 0. The molecule has 92 valence electrons. The number of rotatable bonds is 4. The largest absolute Gasteiger partial charge is 0.480 e. The van der Waals surface area contributed by atoms with Gasteiger partial charge in [0.05, 0.1) is 6.04 Å². The van der Waals surface area contributed by atoms with Gasteiger partial charge in [0.1, 0.15) is 6.04 Å². The summed E-state index contributed by atoms with van der Waals surface area (Å²) in [5, 5.41) is 13.6. The lowest BCUT2D eigenvalue weighted by Gasteiger charge is -2.16. The van der Waals surface area contributed by atoms with Gasteiger partial charge in [0.25, 0.3) is 0 Å². The van der Waals surface area contributed by atoms with Gasteiger partial charge in [0, 0.05) is 0 Å². The molecule has 1 aromatic carbocycles. The molecule has 5 heteroatoms. The molecule has 0 radical (unpaired) electrons. The number of carbonyl (C=O) groups is 2. The SMILES string of the molecule is CC(NC(=O)N[C@@H](C)C(=O)O)c1ccccc1. The Morgan fingerprint density at radius 1 is 1.12 bits per heavy atom. The molecule has 0 saturated heterocycles. The normalized spacial score (nSPS) is 13.5. The molecule has 0 aliphatic rings. The number of amides is 2. The smallest absolute Gasteiger partial charge is 0.325 e. The number of carboxylic acid groups (broad SMARTS) is 1. The van der Waals surface area contributed by atoms with Crippen LogP contribution in [0.2, 0.25) is 0 Å². The molecule has 2 atom stereocenters. The van der Waals surface area contributed by atoms with Crippen molar-refractivity contribution in [3.05, 3.63) is 35.9 Å². The van der Waals surface area contributed by atoms with Gasteiger partial charge in [0.15, 0.2) is 0 Å². The molecule has 0 aliphatic carbocycles. The first-order valence-electron chi connectivity index (χ1n) is 5.35. The maximum Gasteiger partial charge on any atom is 0.325 e. The molecular weight excluding hydrogens is 220 g/mol. The van der Waals surface area contributed by atoms with Gasteiger partial charge in [-0.3, -0.25) is 4.79 Å². The average Bonchev–Trinajstić information content (AvgIpc) is 2.29. The third kappa shape index (κ3) is 4.14. The fraction of sp³-hybridized carbons (Fsp3) is 0.333. The summed E-state index contributed by atoms with van der Waals surface area (Å²) in [4.78, 5) is 22.0. The number of carboxylic acids is 1.